The van der Waals surface area contributed by atoms with Gasteiger partial charge in [-0.1, -0.05) is 18.2 Å². The fourth-order valence-electron chi connectivity index (χ4n) is 1.56. The lowest BCUT2D eigenvalue weighted by Crippen LogP contribution is -1.93. The number of hydrogen-bond donors (Lipinski definition) is 1. The summed E-state index contributed by atoms with van der Waals surface area (Å²) in [5, 5.41) is 9.31. The van der Waals surface area contributed by atoms with E-state index in [1.807, 2.05) is 0 Å². The van der Waals surface area contributed by atoms with Crippen LogP contribution in [0.15, 0.2) is 47.4 Å². The number of rotatable bonds is 2. The van der Waals surface area contributed by atoms with E-state index in [-0.39, 0.29) is 16.2 Å². The molecule has 0 saturated carbocycles. The molecule has 0 bridgehead atoms. The third-order valence-corrected chi connectivity index (χ3v) is 3.73. The standard InChI is InChI=1S/C12H8ClFO3S/c13-18(16,17)10-4-5-11(12(14)7-10)8-2-1-3-9(15)6-8/h1-7,15H. The molecule has 0 aliphatic rings. The second-order valence-electron chi connectivity index (χ2n) is 3.63. The van der Waals surface area contributed by atoms with Crippen LogP contribution in [-0.4, -0.2) is 13.5 Å². The molecule has 6 heteroatoms. The van der Waals surface area contributed by atoms with Gasteiger partial charge < -0.3 is 5.11 Å². The Morgan fingerprint density at radius 3 is 2.39 bits per heavy atom. The van der Waals surface area contributed by atoms with Crippen molar-refractivity contribution in [2.75, 3.05) is 0 Å². The van der Waals surface area contributed by atoms with Crippen molar-refractivity contribution in [1.29, 1.82) is 0 Å². The van der Waals surface area contributed by atoms with Crippen LogP contribution in [-0.2, 0) is 9.05 Å². The minimum absolute atomic E-state index is 0.000872. The summed E-state index contributed by atoms with van der Waals surface area (Å²) in [7, 11) is 1.17. The lowest BCUT2D eigenvalue weighted by atomic mass is 10.1. The topological polar surface area (TPSA) is 54.4 Å². The van der Waals surface area contributed by atoms with Crippen LogP contribution in [0.3, 0.4) is 0 Å². The number of benzene rings is 2. The first-order valence-electron chi connectivity index (χ1n) is 4.91. The fourth-order valence-corrected chi connectivity index (χ4v) is 2.32. The molecule has 0 amide bonds. The van der Waals surface area contributed by atoms with Crippen LogP contribution in [0.25, 0.3) is 11.1 Å². The minimum atomic E-state index is -3.95. The van der Waals surface area contributed by atoms with Crippen molar-refractivity contribution in [3.63, 3.8) is 0 Å². The van der Waals surface area contributed by atoms with Crippen molar-refractivity contribution in [3.8, 4) is 16.9 Å². The molecular formula is C12H8ClFO3S. The predicted octanol–water partition coefficient (Wildman–Crippen LogP) is 3.13. The Morgan fingerprint density at radius 2 is 1.83 bits per heavy atom. The Kier molecular flexibility index (Phi) is 3.28. The first-order chi connectivity index (χ1) is 8.38. The average Bonchev–Trinajstić information content (AvgIpc) is 2.27. The predicted molar refractivity (Wildman–Crippen MR) is 66.5 cm³/mol. The van der Waals surface area contributed by atoms with E-state index in [9.17, 15) is 17.9 Å². The van der Waals surface area contributed by atoms with Gasteiger partial charge in [0.05, 0.1) is 4.90 Å². The molecule has 2 aromatic rings. The van der Waals surface area contributed by atoms with Gasteiger partial charge in [0, 0.05) is 16.2 Å². The smallest absolute Gasteiger partial charge is 0.261 e. The van der Waals surface area contributed by atoms with Gasteiger partial charge in [-0.25, -0.2) is 12.8 Å². The lowest BCUT2D eigenvalue weighted by Gasteiger charge is -2.05. The number of halogens is 2. The number of aromatic hydroxyl groups is 1. The van der Waals surface area contributed by atoms with E-state index in [2.05, 4.69) is 0 Å². The molecule has 0 spiro atoms. The lowest BCUT2D eigenvalue weighted by molar-refractivity contribution is 0.475. The molecule has 18 heavy (non-hydrogen) atoms. The fraction of sp³-hybridized carbons (Fsp3) is 0. The largest absolute Gasteiger partial charge is 0.508 e. The van der Waals surface area contributed by atoms with Crippen LogP contribution >= 0.6 is 10.7 Å². The Morgan fingerprint density at radius 1 is 1.11 bits per heavy atom. The van der Waals surface area contributed by atoms with Gasteiger partial charge in [-0.3, -0.25) is 0 Å². The van der Waals surface area contributed by atoms with Crippen LogP contribution in [0.1, 0.15) is 0 Å². The second kappa shape index (κ2) is 4.59. The SMILES string of the molecule is O=S(=O)(Cl)c1ccc(-c2cccc(O)c2)c(F)c1. The summed E-state index contributed by atoms with van der Waals surface area (Å²) in [6.07, 6.45) is 0. The van der Waals surface area contributed by atoms with Gasteiger partial charge >= 0.3 is 0 Å². The van der Waals surface area contributed by atoms with Crippen molar-refractivity contribution >= 4 is 19.7 Å². The normalized spacial score (nSPS) is 11.4. The number of phenolic OH excluding ortho intramolecular Hbond substituents is 1. The molecule has 0 unspecified atom stereocenters. The molecule has 0 fully saturated rings. The first kappa shape index (κ1) is 12.9. The molecule has 2 aromatic carbocycles. The summed E-state index contributed by atoms with van der Waals surface area (Å²) < 4.78 is 35.9. The zero-order chi connectivity index (χ0) is 13.3. The maximum Gasteiger partial charge on any atom is 0.261 e. The molecule has 0 saturated heterocycles. The van der Waals surface area contributed by atoms with E-state index in [1.165, 1.54) is 24.3 Å². The van der Waals surface area contributed by atoms with Crippen molar-refractivity contribution in [1.82, 2.24) is 0 Å². The third-order valence-electron chi connectivity index (χ3n) is 2.38. The van der Waals surface area contributed by atoms with Crippen LogP contribution < -0.4 is 0 Å². The maximum absolute atomic E-state index is 13.8. The molecule has 0 atom stereocenters. The Labute approximate surface area is 108 Å². The van der Waals surface area contributed by atoms with E-state index in [1.54, 1.807) is 12.1 Å². The summed E-state index contributed by atoms with van der Waals surface area (Å²) in [4.78, 5) is -0.300. The third kappa shape index (κ3) is 2.63. The monoisotopic (exact) mass is 286 g/mol. The van der Waals surface area contributed by atoms with Crippen molar-refractivity contribution < 1.29 is 17.9 Å². The molecule has 0 aromatic heterocycles. The highest BCUT2D eigenvalue weighted by Crippen LogP contribution is 2.28. The van der Waals surface area contributed by atoms with Crippen molar-refractivity contribution in [2.45, 2.75) is 4.90 Å². The van der Waals surface area contributed by atoms with E-state index >= 15 is 0 Å². The molecule has 0 aliphatic heterocycles. The first-order valence-corrected chi connectivity index (χ1v) is 7.22. The molecule has 0 aliphatic carbocycles. The summed E-state index contributed by atoms with van der Waals surface area (Å²) in [5.74, 6) is -0.719. The second-order valence-corrected chi connectivity index (χ2v) is 6.20. The zero-order valence-electron chi connectivity index (χ0n) is 8.97. The van der Waals surface area contributed by atoms with Crippen LogP contribution in [0, 0.1) is 5.82 Å². The zero-order valence-corrected chi connectivity index (χ0v) is 10.5. The summed E-state index contributed by atoms with van der Waals surface area (Å²) in [6.45, 7) is 0. The van der Waals surface area contributed by atoms with Crippen LogP contribution in [0.2, 0.25) is 0 Å². The quantitative estimate of drug-likeness (QED) is 0.863. The summed E-state index contributed by atoms with van der Waals surface area (Å²) in [5.41, 5.74) is 0.640. The van der Waals surface area contributed by atoms with Gasteiger partial charge in [-0.15, -0.1) is 0 Å². The van der Waals surface area contributed by atoms with Crippen molar-refractivity contribution in [3.05, 3.63) is 48.3 Å². The van der Waals surface area contributed by atoms with Gasteiger partial charge in [-0.05, 0) is 29.8 Å². The molecule has 3 nitrogen and oxygen atoms in total. The average molecular weight is 287 g/mol. The molecule has 94 valence electrons. The Hall–Kier alpha value is -1.59. The van der Waals surface area contributed by atoms with Crippen LogP contribution in [0.4, 0.5) is 4.39 Å². The van der Waals surface area contributed by atoms with E-state index in [4.69, 9.17) is 10.7 Å². The Balaban J connectivity index is 2.55. The van der Waals surface area contributed by atoms with Gasteiger partial charge in [0.2, 0.25) is 0 Å². The van der Waals surface area contributed by atoms with Gasteiger partial charge in [0.15, 0.2) is 0 Å². The van der Waals surface area contributed by atoms with Gasteiger partial charge in [0.25, 0.3) is 9.05 Å². The molecule has 1 N–H and O–H groups in total. The highest BCUT2D eigenvalue weighted by Gasteiger charge is 2.14. The molecular weight excluding hydrogens is 279 g/mol. The summed E-state index contributed by atoms with van der Waals surface area (Å²) >= 11 is 0. The number of hydrogen-bond acceptors (Lipinski definition) is 3. The highest BCUT2D eigenvalue weighted by molar-refractivity contribution is 8.13. The van der Waals surface area contributed by atoms with E-state index in [0.29, 0.717) is 5.56 Å². The minimum Gasteiger partial charge on any atom is -0.508 e. The molecule has 2 rings (SSSR count). The van der Waals surface area contributed by atoms with Crippen molar-refractivity contribution in [2.24, 2.45) is 0 Å². The van der Waals surface area contributed by atoms with Gasteiger partial charge in [-0.2, -0.15) is 0 Å². The summed E-state index contributed by atoms with van der Waals surface area (Å²) in [6, 6.07) is 9.38. The maximum atomic E-state index is 13.8. The molecule has 0 radical (unpaired) electrons. The number of phenols is 1. The van der Waals surface area contributed by atoms with Gasteiger partial charge in [0.1, 0.15) is 11.6 Å². The van der Waals surface area contributed by atoms with Crippen LogP contribution in [0.5, 0.6) is 5.75 Å². The van der Waals surface area contributed by atoms with E-state index in [0.717, 1.165) is 6.07 Å². The van der Waals surface area contributed by atoms with E-state index < -0.39 is 14.9 Å². The molecule has 0 heterocycles. The Bertz CT molecular complexity index is 698. The highest BCUT2D eigenvalue weighted by atomic mass is 35.7.